The lowest BCUT2D eigenvalue weighted by molar-refractivity contribution is -0.136. The number of rotatable bonds is 3. The third-order valence-electron chi connectivity index (χ3n) is 1.63. The van der Waals surface area contributed by atoms with Crippen LogP contribution >= 0.6 is 23.2 Å². The monoisotopic (exact) mass is 255 g/mol. The van der Waals surface area contributed by atoms with Crippen LogP contribution < -0.4 is 0 Å². The Bertz CT molecular complexity index is 398. The van der Waals surface area contributed by atoms with E-state index < -0.39 is 29.5 Å². The number of carbonyl (C=O) groups is 1. The predicted octanol–water partition coefficient (Wildman–Crippen LogP) is 2.95. The SMILES string of the molecule is O=C(O)Cc1cc(Cl)nc(Cl)c1C(F)F. The number of carboxylic acid groups (broad SMARTS) is 1. The molecule has 0 saturated carbocycles. The molecule has 82 valence electrons. The number of pyridine rings is 1. The number of halogens is 4. The minimum Gasteiger partial charge on any atom is -0.481 e. The van der Waals surface area contributed by atoms with Crippen molar-refractivity contribution < 1.29 is 18.7 Å². The van der Waals surface area contributed by atoms with Crippen molar-refractivity contribution in [1.82, 2.24) is 4.98 Å². The van der Waals surface area contributed by atoms with Gasteiger partial charge in [-0.1, -0.05) is 23.2 Å². The molecular weight excluding hydrogens is 251 g/mol. The number of aliphatic carboxylic acids is 1. The summed E-state index contributed by atoms with van der Waals surface area (Å²) in [6.45, 7) is 0. The summed E-state index contributed by atoms with van der Waals surface area (Å²) in [6.07, 6.45) is -3.45. The van der Waals surface area contributed by atoms with Gasteiger partial charge in [0.15, 0.2) is 0 Å². The van der Waals surface area contributed by atoms with Crippen molar-refractivity contribution in [2.24, 2.45) is 0 Å². The largest absolute Gasteiger partial charge is 0.481 e. The standard InChI is InChI=1S/C8H5Cl2F2NO2/c9-4-1-3(2-5(14)15)6(8(11)12)7(10)13-4/h1,8H,2H2,(H,14,15). The van der Waals surface area contributed by atoms with Gasteiger partial charge in [0.25, 0.3) is 6.43 Å². The molecule has 0 aliphatic carbocycles. The van der Waals surface area contributed by atoms with E-state index in [1.54, 1.807) is 0 Å². The van der Waals surface area contributed by atoms with Gasteiger partial charge in [0, 0.05) is 0 Å². The fourth-order valence-corrected chi connectivity index (χ4v) is 1.63. The first-order valence-corrected chi connectivity index (χ1v) is 4.52. The Balaban J connectivity index is 3.26. The van der Waals surface area contributed by atoms with Crippen LogP contribution in [0.25, 0.3) is 0 Å². The third-order valence-corrected chi connectivity index (χ3v) is 2.11. The highest BCUT2D eigenvalue weighted by atomic mass is 35.5. The quantitative estimate of drug-likeness (QED) is 0.846. The van der Waals surface area contributed by atoms with Crippen molar-refractivity contribution in [3.05, 3.63) is 27.5 Å². The van der Waals surface area contributed by atoms with Gasteiger partial charge in [-0.05, 0) is 11.6 Å². The van der Waals surface area contributed by atoms with E-state index in [1.807, 2.05) is 0 Å². The van der Waals surface area contributed by atoms with E-state index in [1.165, 1.54) is 0 Å². The third kappa shape index (κ3) is 3.00. The maximum absolute atomic E-state index is 12.5. The van der Waals surface area contributed by atoms with Crippen LogP contribution in [0.1, 0.15) is 17.6 Å². The highest BCUT2D eigenvalue weighted by molar-refractivity contribution is 6.33. The van der Waals surface area contributed by atoms with Crippen molar-refractivity contribution in [2.45, 2.75) is 12.8 Å². The van der Waals surface area contributed by atoms with Crippen LogP contribution in [0.2, 0.25) is 10.3 Å². The first kappa shape index (κ1) is 12.1. The molecule has 1 aromatic rings. The Labute approximate surface area is 93.6 Å². The summed E-state index contributed by atoms with van der Waals surface area (Å²) >= 11 is 10.9. The molecule has 1 heterocycles. The van der Waals surface area contributed by atoms with Gasteiger partial charge >= 0.3 is 5.97 Å². The Morgan fingerprint density at radius 3 is 2.60 bits per heavy atom. The van der Waals surface area contributed by atoms with Crippen LogP contribution in [-0.2, 0) is 11.2 Å². The fourth-order valence-electron chi connectivity index (χ4n) is 1.08. The molecule has 0 saturated heterocycles. The van der Waals surface area contributed by atoms with E-state index in [9.17, 15) is 13.6 Å². The molecule has 3 nitrogen and oxygen atoms in total. The van der Waals surface area contributed by atoms with Gasteiger partial charge in [0.05, 0.1) is 12.0 Å². The highest BCUT2D eigenvalue weighted by Crippen LogP contribution is 2.31. The first-order chi connectivity index (χ1) is 6.91. The molecule has 0 aliphatic heterocycles. The second-order valence-corrected chi connectivity index (χ2v) is 3.43. The Morgan fingerprint density at radius 2 is 2.13 bits per heavy atom. The zero-order valence-corrected chi connectivity index (χ0v) is 8.69. The van der Waals surface area contributed by atoms with Gasteiger partial charge in [0.2, 0.25) is 0 Å². The van der Waals surface area contributed by atoms with Crippen LogP contribution in [0.3, 0.4) is 0 Å². The van der Waals surface area contributed by atoms with Gasteiger partial charge in [0.1, 0.15) is 10.3 Å². The summed E-state index contributed by atoms with van der Waals surface area (Å²) in [5, 5.41) is 7.93. The maximum Gasteiger partial charge on any atom is 0.307 e. The molecule has 0 aromatic carbocycles. The molecule has 0 unspecified atom stereocenters. The summed E-state index contributed by atoms with van der Waals surface area (Å²) < 4.78 is 25.0. The molecule has 15 heavy (non-hydrogen) atoms. The Kier molecular flexibility index (Phi) is 3.82. The number of nitrogens with zero attached hydrogens (tertiary/aromatic N) is 1. The summed E-state index contributed by atoms with van der Waals surface area (Å²) in [6, 6.07) is 1.07. The molecule has 0 atom stereocenters. The van der Waals surface area contributed by atoms with Crippen molar-refractivity contribution in [1.29, 1.82) is 0 Å². The molecule has 0 spiro atoms. The molecule has 1 N–H and O–H groups in total. The van der Waals surface area contributed by atoms with Crippen LogP contribution in [0, 0.1) is 0 Å². The number of hydrogen-bond donors (Lipinski definition) is 1. The lowest BCUT2D eigenvalue weighted by Gasteiger charge is -2.08. The van der Waals surface area contributed by atoms with Crippen LogP contribution in [0.4, 0.5) is 8.78 Å². The molecule has 0 amide bonds. The van der Waals surface area contributed by atoms with Crippen molar-refractivity contribution in [3.8, 4) is 0 Å². The van der Waals surface area contributed by atoms with Gasteiger partial charge in [-0.15, -0.1) is 0 Å². The van der Waals surface area contributed by atoms with Gasteiger partial charge < -0.3 is 5.11 Å². The predicted molar refractivity (Wildman–Crippen MR) is 50.6 cm³/mol. The average molecular weight is 256 g/mol. The van der Waals surface area contributed by atoms with Gasteiger partial charge in [-0.2, -0.15) is 0 Å². The van der Waals surface area contributed by atoms with E-state index in [0.717, 1.165) is 6.07 Å². The Hall–Kier alpha value is -0.940. The molecule has 0 aliphatic rings. The van der Waals surface area contributed by atoms with Crippen molar-refractivity contribution in [3.63, 3.8) is 0 Å². The van der Waals surface area contributed by atoms with Gasteiger partial charge in [-0.25, -0.2) is 13.8 Å². The number of hydrogen-bond acceptors (Lipinski definition) is 2. The number of alkyl halides is 2. The lowest BCUT2D eigenvalue weighted by Crippen LogP contribution is -2.05. The van der Waals surface area contributed by atoms with Crippen LogP contribution in [0.5, 0.6) is 0 Å². The van der Waals surface area contributed by atoms with E-state index in [2.05, 4.69) is 4.98 Å². The normalized spacial score (nSPS) is 10.7. The zero-order valence-electron chi connectivity index (χ0n) is 7.18. The fraction of sp³-hybridized carbons (Fsp3) is 0.250. The number of carboxylic acids is 1. The topological polar surface area (TPSA) is 50.2 Å². The number of aromatic nitrogens is 1. The summed E-state index contributed by atoms with van der Waals surface area (Å²) in [5.41, 5.74) is -0.703. The second-order valence-electron chi connectivity index (χ2n) is 2.68. The van der Waals surface area contributed by atoms with Crippen molar-refractivity contribution in [2.75, 3.05) is 0 Å². The maximum atomic E-state index is 12.5. The van der Waals surface area contributed by atoms with Crippen LogP contribution in [-0.4, -0.2) is 16.1 Å². The first-order valence-electron chi connectivity index (χ1n) is 3.76. The van der Waals surface area contributed by atoms with Gasteiger partial charge in [-0.3, -0.25) is 4.79 Å². The molecule has 0 radical (unpaired) electrons. The van der Waals surface area contributed by atoms with E-state index >= 15 is 0 Å². The molecule has 0 fully saturated rings. The molecule has 7 heteroatoms. The van der Waals surface area contributed by atoms with Crippen molar-refractivity contribution >= 4 is 29.2 Å². The van der Waals surface area contributed by atoms with E-state index in [0.29, 0.717) is 0 Å². The van der Waals surface area contributed by atoms with Crippen LogP contribution in [0.15, 0.2) is 6.07 Å². The summed E-state index contributed by atoms with van der Waals surface area (Å²) in [4.78, 5) is 13.8. The minimum atomic E-state index is -2.88. The van der Waals surface area contributed by atoms with E-state index in [-0.39, 0.29) is 10.7 Å². The summed E-state index contributed by atoms with van der Waals surface area (Å²) in [7, 11) is 0. The molecular formula is C8H5Cl2F2NO2. The zero-order chi connectivity index (χ0) is 11.6. The highest BCUT2D eigenvalue weighted by Gasteiger charge is 2.20. The lowest BCUT2D eigenvalue weighted by atomic mass is 10.1. The van der Waals surface area contributed by atoms with E-state index in [4.69, 9.17) is 28.3 Å². The second kappa shape index (κ2) is 4.72. The summed E-state index contributed by atoms with van der Waals surface area (Å²) in [5.74, 6) is -1.24. The molecule has 1 rings (SSSR count). The minimum absolute atomic E-state index is 0.111. The smallest absolute Gasteiger partial charge is 0.307 e. The Morgan fingerprint density at radius 1 is 1.53 bits per heavy atom. The molecule has 0 bridgehead atoms. The molecule has 1 aromatic heterocycles. The average Bonchev–Trinajstić information content (AvgIpc) is 1.99.